The zero-order chi connectivity index (χ0) is 8.01. The van der Waals surface area contributed by atoms with E-state index in [9.17, 15) is 0 Å². The molecule has 2 aliphatic rings. The van der Waals surface area contributed by atoms with E-state index in [1.54, 1.807) is 0 Å². The van der Waals surface area contributed by atoms with E-state index < -0.39 is 0 Å². The molecule has 2 rings (SSSR count). The van der Waals surface area contributed by atoms with Crippen LogP contribution in [0.5, 0.6) is 0 Å². The van der Waals surface area contributed by atoms with Gasteiger partial charge >= 0.3 is 0 Å². The molecule has 2 atom stereocenters. The summed E-state index contributed by atoms with van der Waals surface area (Å²) in [5.41, 5.74) is 0. The van der Waals surface area contributed by atoms with Crippen molar-refractivity contribution in [2.24, 2.45) is 0 Å². The van der Waals surface area contributed by atoms with Crippen molar-refractivity contribution < 1.29 is 0 Å². The van der Waals surface area contributed by atoms with Crippen LogP contribution in [0, 0.1) is 0 Å². The fourth-order valence-electron chi connectivity index (χ4n) is 2.28. The maximum atomic E-state index is 2.64. The van der Waals surface area contributed by atoms with Crippen molar-refractivity contribution in [3.63, 3.8) is 0 Å². The van der Waals surface area contributed by atoms with Gasteiger partial charge in [-0.15, -0.1) is 0 Å². The molecule has 0 N–H and O–H groups in total. The number of halogens is 1. The minimum absolute atomic E-state index is 0.745. The predicted octanol–water partition coefficient (Wildman–Crippen LogP) is 1.50. The molecule has 2 unspecified atom stereocenters. The van der Waals surface area contributed by atoms with Crippen LogP contribution in [0.2, 0.25) is 0 Å². The summed E-state index contributed by atoms with van der Waals surface area (Å²) in [6.45, 7) is 7.19. The Bertz CT molecular complexity index is 158. The molecular formula is C8H15IN2. The van der Waals surface area contributed by atoms with Crippen LogP contribution in [0.1, 0.15) is 20.3 Å². The van der Waals surface area contributed by atoms with Gasteiger partial charge in [-0.1, -0.05) is 0 Å². The van der Waals surface area contributed by atoms with E-state index in [-0.39, 0.29) is 0 Å². The van der Waals surface area contributed by atoms with Crippen molar-refractivity contribution in [1.29, 1.82) is 0 Å². The lowest BCUT2D eigenvalue weighted by atomic mass is 10.2. The molecule has 2 heterocycles. The molecule has 0 aromatic rings. The fraction of sp³-hybridized carbons (Fsp3) is 1.00. The summed E-state index contributed by atoms with van der Waals surface area (Å²) in [5, 5.41) is 0. The standard InChI is InChI=1S/C8H15IN2/c1-6(2)10-4-8-3-7(10)5-11(8)9/h6-8H,3-5H2,1-2H3. The molecule has 0 spiro atoms. The molecule has 0 aromatic carbocycles. The van der Waals surface area contributed by atoms with E-state index in [2.05, 4.69) is 44.7 Å². The highest BCUT2D eigenvalue weighted by Gasteiger charge is 2.42. The summed E-state index contributed by atoms with van der Waals surface area (Å²) >= 11 is 2.46. The van der Waals surface area contributed by atoms with E-state index in [1.165, 1.54) is 19.5 Å². The van der Waals surface area contributed by atoms with Gasteiger partial charge in [-0.05, 0) is 20.3 Å². The quantitative estimate of drug-likeness (QED) is 0.524. The Balaban J connectivity index is 2.02. The van der Waals surface area contributed by atoms with Gasteiger partial charge in [0.05, 0.1) is 0 Å². The molecule has 2 saturated heterocycles. The summed E-state index contributed by atoms with van der Waals surface area (Å²) < 4.78 is 2.47. The third-order valence-electron chi connectivity index (χ3n) is 2.88. The first-order valence-electron chi connectivity index (χ1n) is 4.36. The van der Waals surface area contributed by atoms with Crippen molar-refractivity contribution >= 4 is 22.9 Å². The molecule has 0 saturated carbocycles. The Morgan fingerprint density at radius 3 is 2.36 bits per heavy atom. The van der Waals surface area contributed by atoms with Crippen LogP contribution < -0.4 is 0 Å². The van der Waals surface area contributed by atoms with Crippen LogP contribution >= 0.6 is 22.9 Å². The lowest BCUT2D eigenvalue weighted by molar-refractivity contribution is 0.158. The topological polar surface area (TPSA) is 6.48 Å². The van der Waals surface area contributed by atoms with Gasteiger partial charge in [0, 0.05) is 54.1 Å². The third kappa shape index (κ3) is 1.31. The van der Waals surface area contributed by atoms with Gasteiger partial charge in [0.1, 0.15) is 0 Å². The van der Waals surface area contributed by atoms with Gasteiger partial charge in [-0.2, -0.15) is 0 Å². The molecule has 64 valence electrons. The van der Waals surface area contributed by atoms with Crippen LogP contribution in [0.25, 0.3) is 0 Å². The summed E-state index contributed by atoms with van der Waals surface area (Å²) in [5.74, 6) is 0. The van der Waals surface area contributed by atoms with Gasteiger partial charge in [-0.25, -0.2) is 3.11 Å². The largest absolute Gasteiger partial charge is 0.295 e. The van der Waals surface area contributed by atoms with Crippen molar-refractivity contribution in [2.45, 2.75) is 38.4 Å². The maximum absolute atomic E-state index is 2.64. The Labute approximate surface area is 82.4 Å². The smallest absolute Gasteiger partial charge is 0.0337 e. The Hall–Kier alpha value is 0.650. The number of nitrogens with zero attached hydrogens (tertiary/aromatic N) is 2. The summed E-state index contributed by atoms with van der Waals surface area (Å²) in [6.07, 6.45) is 1.40. The van der Waals surface area contributed by atoms with Crippen LogP contribution in [0.15, 0.2) is 0 Å². The molecule has 0 aliphatic carbocycles. The van der Waals surface area contributed by atoms with Gasteiger partial charge in [0.25, 0.3) is 0 Å². The SMILES string of the molecule is CC(C)N1CC2CC1CN2I. The fourth-order valence-corrected chi connectivity index (χ4v) is 3.14. The second-order valence-electron chi connectivity index (χ2n) is 3.92. The molecule has 0 radical (unpaired) electrons. The summed E-state index contributed by atoms with van der Waals surface area (Å²) in [4.78, 5) is 2.64. The minimum atomic E-state index is 0.745. The maximum Gasteiger partial charge on any atom is 0.0337 e. The van der Waals surface area contributed by atoms with Gasteiger partial charge in [0.2, 0.25) is 0 Å². The number of piperazine rings is 1. The number of hydrogen-bond acceptors (Lipinski definition) is 2. The average molecular weight is 266 g/mol. The summed E-state index contributed by atoms with van der Waals surface area (Å²) in [7, 11) is 0. The Morgan fingerprint density at radius 2 is 2.00 bits per heavy atom. The number of fused-ring (bicyclic) bond motifs is 2. The zero-order valence-corrected chi connectivity index (χ0v) is 9.28. The van der Waals surface area contributed by atoms with Gasteiger partial charge in [-0.3, -0.25) is 4.90 Å². The van der Waals surface area contributed by atoms with Gasteiger partial charge in [0.15, 0.2) is 0 Å². The molecule has 2 bridgehead atoms. The molecule has 3 heteroatoms. The molecular weight excluding hydrogens is 251 g/mol. The lowest BCUT2D eigenvalue weighted by Gasteiger charge is -2.33. The first-order chi connectivity index (χ1) is 5.18. The van der Waals surface area contributed by atoms with Crippen molar-refractivity contribution in [3.05, 3.63) is 0 Å². The van der Waals surface area contributed by atoms with Crippen LogP contribution in [-0.2, 0) is 0 Å². The highest BCUT2D eigenvalue weighted by atomic mass is 127. The van der Waals surface area contributed by atoms with Gasteiger partial charge < -0.3 is 0 Å². The summed E-state index contributed by atoms with van der Waals surface area (Å²) in [6, 6.07) is 2.45. The Kier molecular flexibility index (Phi) is 2.14. The van der Waals surface area contributed by atoms with Crippen LogP contribution in [-0.4, -0.2) is 39.2 Å². The molecule has 2 nitrogen and oxygen atoms in total. The number of rotatable bonds is 1. The van der Waals surface area contributed by atoms with Crippen molar-refractivity contribution in [1.82, 2.24) is 8.01 Å². The number of likely N-dealkylation sites (tertiary alicyclic amines) is 1. The molecule has 0 amide bonds. The van der Waals surface area contributed by atoms with E-state index in [0.717, 1.165) is 18.1 Å². The van der Waals surface area contributed by atoms with Crippen molar-refractivity contribution in [2.75, 3.05) is 13.1 Å². The second kappa shape index (κ2) is 2.85. The first-order valence-corrected chi connectivity index (χ1v) is 5.33. The van der Waals surface area contributed by atoms with Crippen LogP contribution in [0.4, 0.5) is 0 Å². The zero-order valence-electron chi connectivity index (χ0n) is 7.13. The molecule has 0 aromatic heterocycles. The highest BCUT2D eigenvalue weighted by molar-refractivity contribution is 14.1. The normalized spacial score (nSPS) is 39.3. The highest BCUT2D eigenvalue weighted by Crippen LogP contribution is 2.33. The van der Waals surface area contributed by atoms with Crippen LogP contribution in [0.3, 0.4) is 0 Å². The average Bonchev–Trinajstić information content (AvgIpc) is 2.43. The van der Waals surface area contributed by atoms with Crippen molar-refractivity contribution in [3.8, 4) is 0 Å². The predicted molar refractivity (Wildman–Crippen MR) is 54.8 cm³/mol. The minimum Gasteiger partial charge on any atom is -0.295 e. The monoisotopic (exact) mass is 266 g/mol. The van der Waals surface area contributed by atoms with E-state index in [4.69, 9.17) is 0 Å². The third-order valence-corrected chi connectivity index (χ3v) is 4.06. The lowest BCUT2D eigenvalue weighted by Crippen LogP contribution is -2.45. The van der Waals surface area contributed by atoms with E-state index in [0.29, 0.717) is 0 Å². The Morgan fingerprint density at radius 1 is 1.27 bits per heavy atom. The number of hydrogen-bond donors (Lipinski definition) is 0. The van der Waals surface area contributed by atoms with E-state index in [1.807, 2.05) is 0 Å². The second-order valence-corrected chi connectivity index (χ2v) is 5.16. The van der Waals surface area contributed by atoms with E-state index >= 15 is 0 Å². The first kappa shape index (κ1) is 8.26. The molecule has 2 fully saturated rings. The molecule has 2 aliphatic heterocycles. The molecule has 11 heavy (non-hydrogen) atoms.